The predicted molar refractivity (Wildman–Crippen MR) is 67.3 cm³/mol. The van der Waals surface area contributed by atoms with E-state index in [0.717, 1.165) is 16.2 Å². The zero-order valence-corrected chi connectivity index (χ0v) is 13.1. The van der Waals surface area contributed by atoms with Gasteiger partial charge in [0.1, 0.15) is 13.1 Å². The molecule has 92 valence electrons. The van der Waals surface area contributed by atoms with Crippen molar-refractivity contribution < 1.29 is 28.5 Å². The fourth-order valence-corrected chi connectivity index (χ4v) is 2.18. The molecule has 2 aromatic rings. The summed E-state index contributed by atoms with van der Waals surface area (Å²) in [5, 5.41) is 8.93. The zero-order valence-electron chi connectivity index (χ0n) is 10.1. The lowest BCUT2D eigenvalue weighted by atomic mass is 10.1. The fourth-order valence-electron chi connectivity index (χ4n) is 1.65. The number of thioether (sulfide) groups is 1. The second-order valence-corrected chi connectivity index (χ2v) is 4.43. The minimum absolute atomic E-state index is 0. The summed E-state index contributed by atoms with van der Waals surface area (Å²) in [6.45, 7) is 0. The maximum absolute atomic E-state index is 8.93. The van der Waals surface area contributed by atoms with Crippen molar-refractivity contribution in [3.05, 3.63) is 42.4 Å². The molecule has 0 radical (unpaired) electrons. The normalized spacial score (nSPS) is 9.39. The second kappa shape index (κ2) is 6.71. The first-order valence-corrected chi connectivity index (χ1v) is 6.38. The molecular weight excluding hydrogens is 357 g/mol. The number of aromatic nitrogens is 2. The lowest BCUT2D eigenvalue weighted by Crippen LogP contribution is -3.00. The summed E-state index contributed by atoms with van der Waals surface area (Å²) in [6, 6.07) is 10.1. The first-order chi connectivity index (χ1) is 8.26. The van der Waals surface area contributed by atoms with Crippen molar-refractivity contribution in [2.24, 2.45) is 7.05 Å². The van der Waals surface area contributed by atoms with Crippen molar-refractivity contribution in [1.29, 1.82) is 5.26 Å². The average molecular weight is 369 g/mol. The maximum Gasteiger partial charge on any atom is 0.213 e. The third-order valence-electron chi connectivity index (χ3n) is 2.53. The van der Waals surface area contributed by atoms with Crippen LogP contribution in [-0.2, 0) is 7.05 Å². The molecule has 0 aromatic carbocycles. The van der Waals surface area contributed by atoms with E-state index < -0.39 is 0 Å². The van der Waals surface area contributed by atoms with Crippen molar-refractivity contribution in [3.8, 4) is 17.3 Å². The molecule has 0 atom stereocenters. The largest absolute Gasteiger partial charge is 1.00 e. The molecule has 0 spiro atoms. The summed E-state index contributed by atoms with van der Waals surface area (Å²) >= 11 is 1.54. The van der Waals surface area contributed by atoms with Gasteiger partial charge in [-0.25, -0.2) is 9.55 Å². The predicted octanol–water partition coefficient (Wildman–Crippen LogP) is -0.829. The lowest BCUT2D eigenvalue weighted by Gasteiger charge is -2.03. The quantitative estimate of drug-likeness (QED) is 0.394. The Labute approximate surface area is 128 Å². The molecule has 0 amide bonds. The third kappa shape index (κ3) is 3.00. The minimum Gasteiger partial charge on any atom is -1.00 e. The Kier molecular flexibility index (Phi) is 5.56. The van der Waals surface area contributed by atoms with Crippen LogP contribution in [0.1, 0.15) is 5.69 Å². The molecule has 0 saturated carbocycles. The molecule has 2 heterocycles. The molecule has 0 fully saturated rings. The standard InChI is InChI=1S/C13H12N3S.HI/c1-16-6-4-3-5-12(16)10-7-13(17-2)11(8-14)15-9-10;/h3-7,9H,1-2H3;1H/q+1;/p-1. The highest BCUT2D eigenvalue weighted by molar-refractivity contribution is 7.98. The Morgan fingerprint density at radius 2 is 2.17 bits per heavy atom. The molecule has 2 aromatic heterocycles. The van der Waals surface area contributed by atoms with Crippen molar-refractivity contribution in [3.63, 3.8) is 0 Å². The molecule has 0 aliphatic rings. The molecule has 0 unspecified atom stereocenters. The van der Waals surface area contributed by atoms with Crippen LogP contribution in [-0.4, -0.2) is 11.2 Å². The van der Waals surface area contributed by atoms with E-state index in [2.05, 4.69) is 11.1 Å². The number of hydrogen-bond donors (Lipinski definition) is 0. The number of hydrogen-bond acceptors (Lipinski definition) is 3. The first-order valence-electron chi connectivity index (χ1n) is 5.15. The number of rotatable bonds is 2. The van der Waals surface area contributed by atoms with Gasteiger partial charge >= 0.3 is 0 Å². The number of nitriles is 1. The highest BCUT2D eigenvalue weighted by Gasteiger charge is 2.11. The molecule has 0 bridgehead atoms. The summed E-state index contributed by atoms with van der Waals surface area (Å²) in [5.41, 5.74) is 2.59. The number of aryl methyl sites for hydroxylation is 1. The molecule has 0 N–H and O–H groups in total. The van der Waals surface area contributed by atoms with Crippen LogP contribution in [0.3, 0.4) is 0 Å². The highest BCUT2D eigenvalue weighted by Crippen LogP contribution is 2.23. The van der Waals surface area contributed by atoms with Crippen LogP contribution in [0.4, 0.5) is 0 Å². The van der Waals surface area contributed by atoms with Crippen LogP contribution < -0.4 is 28.5 Å². The van der Waals surface area contributed by atoms with Crippen molar-refractivity contribution in [1.82, 2.24) is 4.98 Å². The van der Waals surface area contributed by atoms with Crippen LogP contribution in [0.5, 0.6) is 0 Å². The summed E-state index contributed by atoms with van der Waals surface area (Å²) in [5.74, 6) is 0. The van der Waals surface area contributed by atoms with Crippen LogP contribution in [0.25, 0.3) is 11.3 Å². The van der Waals surface area contributed by atoms with E-state index in [-0.39, 0.29) is 24.0 Å². The van der Waals surface area contributed by atoms with E-state index in [0.29, 0.717) is 5.69 Å². The van der Waals surface area contributed by atoms with Gasteiger partial charge in [-0.15, -0.1) is 11.8 Å². The summed E-state index contributed by atoms with van der Waals surface area (Å²) in [6.07, 6.45) is 5.69. The van der Waals surface area contributed by atoms with E-state index in [1.54, 1.807) is 18.0 Å². The smallest absolute Gasteiger partial charge is 0.213 e. The first kappa shape index (κ1) is 14.9. The Hall–Kier alpha value is -1.13. The second-order valence-electron chi connectivity index (χ2n) is 3.58. The van der Waals surface area contributed by atoms with Gasteiger partial charge in [0.05, 0.1) is 5.56 Å². The van der Waals surface area contributed by atoms with Gasteiger partial charge < -0.3 is 24.0 Å². The average Bonchev–Trinajstić information content (AvgIpc) is 2.38. The van der Waals surface area contributed by atoms with Crippen LogP contribution >= 0.6 is 11.8 Å². The Morgan fingerprint density at radius 1 is 1.39 bits per heavy atom. The Morgan fingerprint density at radius 3 is 2.78 bits per heavy atom. The van der Waals surface area contributed by atoms with Gasteiger partial charge in [-0.3, -0.25) is 0 Å². The van der Waals surface area contributed by atoms with Gasteiger partial charge in [-0.2, -0.15) is 5.26 Å². The van der Waals surface area contributed by atoms with Gasteiger partial charge in [-0.05, 0) is 18.4 Å². The molecule has 5 heteroatoms. The SMILES string of the molecule is CSc1cc(-c2cccc[n+]2C)cnc1C#N.[I-]. The molecule has 18 heavy (non-hydrogen) atoms. The van der Waals surface area contributed by atoms with Crippen molar-refractivity contribution in [2.75, 3.05) is 6.26 Å². The van der Waals surface area contributed by atoms with Crippen LogP contribution in [0, 0.1) is 11.3 Å². The molecule has 0 saturated heterocycles. The Bertz CT molecular complexity index is 593. The van der Waals surface area contributed by atoms with Crippen LogP contribution in [0.2, 0.25) is 0 Å². The Balaban J connectivity index is 0.00000162. The van der Waals surface area contributed by atoms with E-state index in [4.69, 9.17) is 5.26 Å². The molecule has 0 aliphatic carbocycles. The number of halogens is 1. The van der Waals surface area contributed by atoms with E-state index >= 15 is 0 Å². The van der Waals surface area contributed by atoms with E-state index in [1.807, 2.05) is 48.3 Å². The third-order valence-corrected chi connectivity index (χ3v) is 3.28. The molecular formula is C13H12IN3S. The van der Waals surface area contributed by atoms with Gasteiger partial charge in [0.15, 0.2) is 11.9 Å². The van der Waals surface area contributed by atoms with Gasteiger partial charge in [-0.1, -0.05) is 0 Å². The lowest BCUT2D eigenvalue weighted by molar-refractivity contribution is -0.660. The number of nitrogens with zero attached hydrogens (tertiary/aromatic N) is 3. The number of pyridine rings is 2. The summed E-state index contributed by atoms with van der Waals surface area (Å²) in [4.78, 5) is 5.10. The van der Waals surface area contributed by atoms with Crippen molar-refractivity contribution in [2.45, 2.75) is 4.90 Å². The van der Waals surface area contributed by atoms with E-state index in [1.165, 1.54) is 0 Å². The monoisotopic (exact) mass is 369 g/mol. The summed E-state index contributed by atoms with van der Waals surface area (Å²) in [7, 11) is 1.99. The fraction of sp³-hybridized carbons (Fsp3) is 0.154. The van der Waals surface area contributed by atoms with Crippen molar-refractivity contribution >= 4 is 11.8 Å². The maximum atomic E-state index is 8.93. The van der Waals surface area contributed by atoms with E-state index in [9.17, 15) is 0 Å². The highest BCUT2D eigenvalue weighted by atomic mass is 127. The topological polar surface area (TPSA) is 40.6 Å². The van der Waals surface area contributed by atoms with Gasteiger partial charge in [0.25, 0.3) is 0 Å². The van der Waals surface area contributed by atoms with Gasteiger partial charge in [0, 0.05) is 23.2 Å². The molecule has 0 aliphatic heterocycles. The molecule has 3 nitrogen and oxygen atoms in total. The minimum atomic E-state index is 0. The molecule has 2 rings (SSSR count). The van der Waals surface area contributed by atoms with Crippen LogP contribution in [0.15, 0.2) is 41.6 Å². The summed E-state index contributed by atoms with van der Waals surface area (Å²) < 4.78 is 2.03. The zero-order chi connectivity index (χ0) is 12.3. The van der Waals surface area contributed by atoms with Gasteiger partial charge in [0.2, 0.25) is 5.69 Å².